The van der Waals surface area contributed by atoms with E-state index in [0.29, 0.717) is 31.7 Å². The number of nitro groups is 1. The van der Waals surface area contributed by atoms with Gasteiger partial charge in [-0.1, -0.05) is 5.10 Å². The van der Waals surface area contributed by atoms with Crippen molar-refractivity contribution in [2.45, 2.75) is 39.0 Å². The van der Waals surface area contributed by atoms with Crippen molar-refractivity contribution in [1.29, 1.82) is 0 Å². The van der Waals surface area contributed by atoms with E-state index in [1.54, 1.807) is 6.92 Å². The van der Waals surface area contributed by atoms with E-state index < -0.39 is 63.1 Å². The molecule has 2 N–H and O–H groups in total. The third-order valence-corrected chi connectivity index (χ3v) is 6.48. The van der Waals surface area contributed by atoms with Crippen molar-refractivity contribution in [3.63, 3.8) is 0 Å². The summed E-state index contributed by atoms with van der Waals surface area (Å²) < 4.78 is 65.9. The minimum atomic E-state index is -1.43. The highest BCUT2D eigenvalue weighted by Crippen LogP contribution is 2.36. The van der Waals surface area contributed by atoms with Gasteiger partial charge in [0.1, 0.15) is 5.82 Å². The SMILES string of the molecule is CCOC(=O)C1CCC(Cc2ccc([N+](=O)[O-])c(NC(=O)c3nnc(Nc4cc(F)c(F)cc4F)o3)c2F)CC1. The minimum absolute atomic E-state index is 0.00597. The van der Waals surface area contributed by atoms with Gasteiger partial charge in [-0.25, -0.2) is 17.6 Å². The fraction of sp³-hybridized carbons (Fsp3) is 0.360. The minimum Gasteiger partial charge on any atom is -0.466 e. The largest absolute Gasteiger partial charge is 0.466 e. The van der Waals surface area contributed by atoms with Gasteiger partial charge in [0.25, 0.3) is 5.69 Å². The number of ether oxygens (including phenoxy) is 1. The van der Waals surface area contributed by atoms with Crippen LogP contribution < -0.4 is 10.6 Å². The van der Waals surface area contributed by atoms with E-state index in [4.69, 9.17) is 9.15 Å². The summed E-state index contributed by atoms with van der Waals surface area (Å²) in [5, 5.41) is 22.6. The standard InChI is InChI=1S/C25H23F4N5O6/c1-2-39-24(36)13-5-3-12(4-6-13)9-14-7-8-19(34(37)38)21(20(14)29)31-22(35)23-32-33-25(40-23)30-18-11-16(27)15(26)10-17(18)28/h7-8,10-13H,2-6,9H2,1H3,(H,30,33)(H,31,35). The number of carbonyl (C=O) groups excluding carboxylic acids is 2. The van der Waals surface area contributed by atoms with Crippen LogP contribution in [0.25, 0.3) is 0 Å². The number of aromatic nitrogens is 2. The van der Waals surface area contributed by atoms with Crippen molar-refractivity contribution >= 4 is 35.0 Å². The second-order valence-corrected chi connectivity index (χ2v) is 9.10. The number of nitro benzene ring substituents is 1. The lowest BCUT2D eigenvalue weighted by molar-refractivity contribution is -0.384. The van der Waals surface area contributed by atoms with Crippen molar-refractivity contribution in [2.75, 3.05) is 17.2 Å². The van der Waals surface area contributed by atoms with Gasteiger partial charge in [0.15, 0.2) is 23.1 Å². The van der Waals surface area contributed by atoms with Crippen LogP contribution in [0.15, 0.2) is 28.7 Å². The Balaban J connectivity index is 1.48. The van der Waals surface area contributed by atoms with Crippen LogP contribution in [0.3, 0.4) is 0 Å². The molecule has 1 amide bonds. The zero-order valence-corrected chi connectivity index (χ0v) is 21.0. The van der Waals surface area contributed by atoms with Crippen LogP contribution in [0.2, 0.25) is 0 Å². The number of anilines is 3. The highest BCUT2D eigenvalue weighted by atomic mass is 19.2. The van der Waals surface area contributed by atoms with E-state index in [2.05, 4.69) is 20.8 Å². The monoisotopic (exact) mass is 565 g/mol. The van der Waals surface area contributed by atoms with Crippen molar-refractivity contribution in [3.05, 3.63) is 69.1 Å². The predicted molar refractivity (Wildman–Crippen MR) is 131 cm³/mol. The van der Waals surface area contributed by atoms with Crippen LogP contribution in [0.5, 0.6) is 0 Å². The fourth-order valence-corrected chi connectivity index (χ4v) is 4.48. The maximum absolute atomic E-state index is 15.5. The third kappa shape index (κ3) is 6.35. The van der Waals surface area contributed by atoms with Gasteiger partial charge in [0, 0.05) is 18.2 Å². The number of rotatable bonds is 9. The number of hydrogen-bond donors (Lipinski definition) is 2. The summed E-state index contributed by atoms with van der Waals surface area (Å²) in [6.45, 7) is 2.01. The zero-order valence-electron chi connectivity index (χ0n) is 21.0. The number of carbonyl (C=O) groups is 2. The Morgan fingerprint density at radius 2 is 1.77 bits per heavy atom. The first kappa shape index (κ1) is 28.4. The van der Waals surface area contributed by atoms with Gasteiger partial charge in [-0.05, 0) is 56.6 Å². The number of benzene rings is 2. The van der Waals surface area contributed by atoms with E-state index in [1.165, 1.54) is 6.07 Å². The number of hydrogen-bond acceptors (Lipinski definition) is 9. The normalized spacial score (nSPS) is 16.8. The molecule has 0 bridgehead atoms. The molecule has 0 unspecified atom stereocenters. The molecule has 0 spiro atoms. The summed E-state index contributed by atoms with van der Waals surface area (Å²) in [7, 11) is 0. The Kier molecular flexibility index (Phi) is 8.60. The highest BCUT2D eigenvalue weighted by molar-refractivity contribution is 6.02. The molecule has 1 aromatic heterocycles. The van der Waals surface area contributed by atoms with Gasteiger partial charge >= 0.3 is 23.8 Å². The van der Waals surface area contributed by atoms with Crippen LogP contribution in [-0.2, 0) is 16.0 Å². The predicted octanol–water partition coefficient (Wildman–Crippen LogP) is 5.44. The molecule has 11 nitrogen and oxygen atoms in total. The molecule has 1 fully saturated rings. The first-order valence-electron chi connectivity index (χ1n) is 12.3. The van der Waals surface area contributed by atoms with Gasteiger partial charge in [-0.2, -0.15) is 0 Å². The molecule has 2 aromatic carbocycles. The van der Waals surface area contributed by atoms with Gasteiger partial charge in [-0.3, -0.25) is 19.7 Å². The maximum Gasteiger partial charge on any atom is 0.320 e. The van der Waals surface area contributed by atoms with E-state index in [9.17, 15) is 32.9 Å². The quantitative estimate of drug-likeness (QED) is 0.114. The maximum atomic E-state index is 15.5. The van der Waals surface area contributed by atoms with E-state index in [0.717, 1.165) is 6.07 Å². The average Bonchev–Trinajstić information content (AvgIpc) is 3.38. The Labute approximate surface area is 224 Å². The number of nitrogens with zero attached hydrogens (tertiary/aromatic N) is 3. The van der Waals surface area contributed by atoms with E-state index in [-0.39, 0.29) is 42.5 Å². The second kappa shape index (κ2) is 12.1. The molecule has 1 heterocycles. The molecular weight excluding hydrogens is 542 g/mol. The molecule has 3 aromatic rings. The van der Waals surface area contributed by atoms with Gasteiger partial charge < -0.3 is 19.8 Å². The van der Waals surface area contributed by atoms with Crippen molar-refractivity contribution < 1.29 is 41.2 Å². The summed E-state index contributed by atoms with van der Waals surface area (Å²) in [4.78, 5) is 35.3. The van der Waals surface area contributed by atoms with Crippen LogP contribution in [0.1, 0.15) is 48.9 Å². The van der Waals surface area contributed by atoms with Crippen molar-refractivity contribution in [2.24, 2.45) is 11.8 Å². The molecule has 0 saturated heterocycles. The first-order chi connectivity index (χ1) is 19.1. The van der Waals surface area contributed by atoms with E-state index in [1.807, 2.05) is 0 Å². The Morgan fingerprint density at radius 1 is 1.07 bits per heavy atom. The lowest BCUT2D eigenvalue weighted by Gasteiger charge is -2.27. The molecular formula is C25H23F4N5O6. The van der Waals surface area contributed by atoms with Gasteiger partial charge in [0.2, 0.25) is 0 Å². The zero-order chi connectivity index (χ0) is 29.0. The van der Waals surface area contributed by atoms with Crippen LogP contribution in [-0.4, -0.2) is 33.6 Å². The van der Waals surface area contributed by atoms with Crippen molar-refractivity contribution in [3.8, 4) is 0 Å². The van der Waals surface area contributed by atoms with Crippen LogP contribution >= 0.6 is 0 Å². The molecule has 0 atom stereocenters. The molecule has 4 rings (SSSR count). The highest BCUT2D eigenvalue weighted by Gasteiger charge is 2.30. The van der Waals surface area contributed by atoms with Gasteiger partial charge in [0.05, 0.1) is 23.1 Å². The lowest BCUT2D eigenvalue weighted by Crippen LogP contribution is -2.24. The summed E-state index contributed by atoms with van der Waals surface area (Å²) in [6, 6.07) is 2.51. The molecule has 212 valence electrons. The van der Waals surface area contributed by atoms with Crippen LogP contribution in [0, 0.1) is 45.2 Å². The molecule has 1 aliphatic rings. The lowest BCUT2D eigenvalue weighted by atomic mass is 9.79. The van der Waals surface area contributed by atoms with Crippen LogP contribution in [0.4, 0.5) is 40.6 Å². The molecule has 0 aliphatic heterocycles. The second-order valence-electron chi connectivity index (χ2n) is 9.10. The number of amides is 1. The molecule has 0 radical (unpaired) electrons. The number of halogens is 4. The Hall–Kier alpha value is -4.56. The molecule has 15 heteroatoms. The van der Waals surface area contributed by atoms with Crippen molar-refractivity contribution in [1.82, 2.24) is 10.2 Å². The van der Waals surface area contributed by atoms with Gasteiger partial charge in [-0.15, -0.1) is 5.10 Å². The third-order valence-electron chi connectivity index (χ3n) is 6.48. The summed E-state index contributed by atoms with van der Waals surface area (Å²) in [6.07, 6.45) is 2.61. The first-order valence-corrected chi connectivity index (χ1v) is 12.3. The molecule has 40 heavy (non-hydrogen) atoms. The molecule has 1 aliphatic carbocycles. The summed E-state index contributed by atoms with van der Waals surface area (Å²) in [5.74, 6) is -7.46. The molecule has 1 saturated carbocycles. The average molecular weight is 565 g/mol. The summed E-state index contributed by atoms with van der Waals surface area (Å²) in [5.41, 5.74) is -1.88. The van der Waals surface area contributed by atoms with E-state index >= 15 is 4.39 Å². The number of esters is 1. The fourth-order valence-electron chi connectivity index (χ4n) is 4.48. The smallest absolute Gasteiger partial charge is 0.320 e. The number of nitrogens with one attached hydrogen (secondary N) is 2. The Morgan fingerprint density at radius 3 is 2.45 bits per heavy atom. The summed E-state index contributed by atoms with van der Waals surface area (Å²) >= 11 is 0. The Bertz CT molecular complexity index is 1440. The topological polar surface area (TPSA) is 149 Å².